The van der Waals surface area contributed by atoms with Crippen LogP contribution in [-0.2, 0) is 11.3 Å². The normalized spacial score (nSPS) is 12.5. The molecule has 0 radical (unpaired) electrons. The van der Waals surface area contributed by atoms with Gasteiger partial charge in [-0.05, 0) is 20.8 Å². The zero-order chi connectivity index (χ0) is 12.1. The van der Waals surface area contributed by atoms with E-state index in [9.17, 15) is 4.79 Å². The third-order valence-corrected chi connectivity index (χ3v) is 2.37. The van der Waals surface area contributed by atoms with E-state index in [-0.39, 0.29) is 18.5 Å². The summed E-state index contributed by atoms with van der Waals surface area (Å²) in [5.74, 6) is 0.610. The van der Waals surface area contributed by atoms with Crippen molar-refractivity contribution in [3.63, 3.8) is 0 Å². The van der Waals surface area contributed by atoms with Gasteiger partial charge >= 0.3 is 0 Å². The van der Waals surface area contributed by atoms with Gasteiger partial charge in [0.2, 0.25) is 5.91 Å². The number of hydrogen-bond acceptors (Lipinski definition) is 4. The van der Waals surface area contributed by atoms with Gasteiger partial charge < -0.3 is 10.6 Å². The summed E-state index contributed by atoms with van der Waals surface area (Å²) in [6.45, 7) is 7.37. The van der Waals surface area contributed by atoms with Crippen molar-refractivity contribution in [1.29, 1.82) is 0 Å². The summed E-state index contributed by atoms with van der Waals surface area (Å²) in [5.41, 5.74) is 5.64. The van der Waals surface area contributed by atoms with Crippen LogP contribution in [0.2, 0.25) is 0 Å². The van der Waals surface area contributed by atoms with Crippen molar-refractivity contribution in [2.75, 3.05) is 13.1 Å². The number of likely N-dealkylation sites (N-methyl/N-ethyl adjacent to an activating group) is 1. The van der Waals surface area contributed by atoms with E-state index in [1.165, 1.54) is 4.68 Å². The van der Waals surface area contributed by atoms with Crippen molar-refractivity contribution in [3.05, 3.63) is 12.2 Å². The van der Waals surface area contributed by atoms with Gasteiger partial charge in [-0.3, -0.25) is 4.79 Å². The summed E-state index contributed by atoms with van der Waals surface area (Å²) in [6.07, 6.45) is 1.54. The van der Waals surface area contributed by atoms with Gasteiger partial charge in [0.15, 0.2) is 5.82 Å². The molecule has 1 unspecified atom stereocenters. The number of carbonyl (C=O) groups is 1. The fourth-order valence-corrected chi connectivity index (χ4v) is 1.41. The first-order valence-electron chi connectivity index (χ1n) is 5.51. The third-order valence-electron chi connectivity index (χ3n) is 2.37. The molecule has 0 fully saturated rings. The quantitative estimate of drug-likeness (QED) is 0.774. The third kappa shape index (κ3) is 3.03. The molecule has 0 aliphatic carbocycles. The molecular weight excluding hydrogens is 206 g/mol. The molecular formula is C10H19N5O. The van der Waals surface area contributed by atoms with Gasteiger partial charge in [-0.15, -0.1) is 0 Å². The Morgan fingerprint density at radius 3 is 2.62 bits per heavy atom. The second kappa shape index (κ2) is 5.60. The van der Waals surface area contributed by atoms with Crippen LogP contribution in [0.4, 0.5) is 0 Å². The van der Waals surface area contributed by atoms with Crippen molar-refractivity contribution in [2.24, 2.45) is 5.73 Å². The topological polar surface area (TPSA) is 77.0 Å². The van der Waals surface area contributed by atoms with E-state index in [4.69, 9.17) is 5.73 Å². The van der Waals surface area contributed by atoms with Gasteiger partial charge in [-0.2, -0.15) is 5.10 Å². The summed E-state index contributed by atoms with van der Waals surface area (Å²) < 4.78 is 1.53. The van der Waals surface area contributed by atoms with Gasteiger partial charge in [0, 0.05) is 13.1 Å². The minimum atomic E-state index is -0.204. The first kappa shape index (κ1) is 12.6. The maximum Gasteiger partial charge on any atom is 0.244 e. The maximum absolute atomic E-state index is 11.8. The average molecular weight is 225 g/mol. The van der Waals surface area contributed by atoms with E-state index >= 15 is 0 Å². The SMILES string of the molecule is CCN(CC)C(=O)Cn1cnc(C(C)N)n1. The molecule has 1 aromatic heterocycles. The minimum absolute atomic E-state index is 0.0473. The Morgan fingerprint density at radius 2 is 2.19 bits per heavy atom. The number of aromatic nitrogens is 3. The van der Waals surface area contributed by atoms with Crippen LogP contribution in [0.15, 0.2) is 6.33 Å². The zero-order valence-electron chi connectivity index (χ0n) is 10.1. The van der Waals surface area contributed by atoms with Crippen LogP contribution >= 0.6 is 0 Å². The summed E-state index contributed by atoms with van der Waals surface area (Å²) in [5, 5.41) is 4.13. The number of hydrogen-bond donors (Lipinski definition) is 1. The maximum atomic E-state index is 11.8. The Kier molecular flexibility index (Phi) is 4.42. The standard InChI is InChI=1S/C10H19N5O/c1-4-14(5-2)9(16)6-15-7-12-10(13-15)8(3)11/h7-8H,4-6,11H2,1-3H3. The predicted octanol–water partition coefficient (Wildman–Crippen LogP) is 0.166. The lowest BCUT2D eigenvalue weighted by Crippen LogP contribution is -2.33. The van der Waals surface area contributed by atoms with Gasteiger partial charge in [0.05, 0.1) is 6.04 Å². The molecule has 2 N–H and O–H groups in total. The lowest BCUT2D eigenvalue weighted by molar-refractivity contribution is -0.131. The van der Waals surface area contributed by atoms with Crippen molar-refractivity contribution < 1.29 is 4.79 Å². The van der Waals surface area contributed by atoms with Crippen LogP contribution in [0.25, 0.3) is 0 Å². The summed E-state index contributed by atoms with van der Waals surface area (Å²) >= 11 is 0. The number of rotatable bonds is 5. The first-order chi connectivity index (χ1) is 7.58. The van der Waals surface area contributed by atoms with Crippen LogP contribution in [0.5, 0.6) is 0 Å². The lowest BCUT2D eigenvalue weighted by Gasteiger charge is -2.18. The van der Waals surface area contributed by atoms with Crippen molar-refractivity contribution in [3.8, 4) is 0 Å². The summed E-state index contributed by atoms with van der Waals surface area (Å²) in [6, 6.07) is -0.204. The Labute approximate surface area is 95.4 Å². The van der Waals surface area contributed by atoms with E-state index < -0.39 is 0 Å². The molecule has 0 aliphatic heterocycles. The Morgan fingerprint density at radius 1 is 1.56 bits per heavy atom. The van der Waals surface area contributed by atoms with E-state index in [1.54, 1.807) is 11.2 Å². The van der Waals surface area contributed by atoms with Crippen LogP contribution in [0, 0.1) is 0 Å². The first-order valence-corrected chi connectivity index (χ1v) is 5.51. The highest BCUT2D eigenvalue weighted by molar-refractivity contribution is 5.75. The van der Waals surface area contributed by atoms with Gasteiger partial charge in [0.1, 0.15) is 12.9 Å². The van der Waals surface area contributed by atoms with E-state index in [0.717, 1.165) is 0 Å². The van der Waals surface area contributed by atoms with Gasteiger partial charge in [-0.25, -0.2) is 9.67 Å². The summed E-state index contributed by atoms with van der Waals surface area (Å²) in [7, 11) is 0. The number of nitrogens with two attached hydrogens (primary N) is 1. The zero-order valence-corrected chi connectivity index (χ0v) is 10.1. The molecule has 0 saturated carbocycles. The fraction of sp³-hybridized carbons (Fsp3) is 0.700. The molecule has 6 nitrogen and oxygen atoms in total. The number of carbonyl (C=O) groups excluding carboxylic acids is 1. The predicted molar refractivity (Wildman–Crippen MR) is 60.6 cm³/mol. The molecule has 1 aromatic rings. The second-order valence-electron chi connectivity index (χ2n) is 3.66. The fourth-order valence-electron chi connectivity index (χ4n) is 1.41. The number of nitrogens with zero attached hydrogens (tertiary/aromatic N) is 4. The molecule has 1 atom stereocenters. The monoisotopic (exact) mass is 225 g/mol. The van der Waals surface area contributed by atoms with Crippen LogP contribution in [-0.4, -0.2) is 38.7 Å². The highest BCUT2D eigenvalue weighted by Gasteiger charge is 2.12. The van der Waals surface area contributed by atoms with Crippen LogP contribution < -0.4 is 5.73 Å². The van der Waals surface area contributed by atoms with Gasteiger partial charge in [-0.1, -0.05) is 0 Å². The second-order valence-corrected chi connectivity index (χ2v) is 3.66. The average Bonchev–Trinajstić information content (AvgIpc) is 2.68. The smallest absolute Gasteiger partial charge is 0.244 e. The van der Waals surface area contributed by atoms with Crippen LogP contribution in [0.3, 0.4) is 0 Å². The van der Waals surface area contributed by atoms with Crippen molar-refractivity contribution >= 4 is 5.91 Å². The largest absolute Gasteiger partial charge is 0.342 e. The lowest BCUT2D eigenvalue weighted by atomic mass is 10.3. The molecule has 0 aliphatic rings. The highest BCUT2D eigenvalue weighted by Crippen LogP contribution is 2.01. The van der Waals surface area contributed by atoms with Crippen LogP contribution in [0.1, 0.15) is 32.6 Å². The molecule has 0 aromatic carbocycles. The molecule has 0 bridgehead atoms. The molecule has 1 amide bonds. The van der Waals surface area contributed by atoms with Crippen molar-refractivity contribution in [2.45, 2.75) is 33.4 Å². The minimum Gasteiger partial charge on any atom is -0.342 e. The van der Waals surface area contributed by atoms with Gasteiger partial charge in [0.25, 0.3) is 0 Å². The Hall–Kier alpha value is -1.43. The molecule has 6 heteroatoms. The van der Waals surface area contributed by atoms with Crippen molar-refractivity contribution in [1.82, 2.24) is 19.7 Å². The summed E-state index contributed by atoms with van der Waals surface area (Å²) in [4.78, 5) is 17.6. The molecule has 0 saturated heterocycles. The molecule has 16 heavy (non-hydrogen) atoms. The Bertz CT molecular complexity index is 343. The number of amides is 1. The molecule has 1 rings (SSSR count). The van der Waals surface area contributed by atoms with E-state index in [2.05, 4.69) is 10.1 Å². The highest BCUT2D eigenvalue weighted by atomic mass is 16.2. The molecule has 1 heterocycles. The van der Waals surface area contributed by atoms with E-state index in [0.29, 0.717) is 18.9 Å². The molecule has 0 spiro atoms. The molecule has 90 valence electrons. The van der Waals surface area contributed by atoms with E-state index in [1.807, 2.05) is 20.8 Å². The Balaban J connectivity index is 2.62.